The number of carbonyl (C=O) groups is 1. The van der Waals surface area contributed by atoms with Crippen LogP contribution in [0.15, 0.2) is 41.2 Å². The first kappa shape index (κ1) is 15.9. The van der Waals surface area contributed by atoms with Gasteiger partial charge in [0.1, 0.15) is 0 Å². The molecule has 0 saturated carbocycles. The maximum atomic E-state index is 12.4. The van der Waals surface area contributed by atoms with Crippen LogP contribution in [0.1, 0.15) is 11.3 Å². The van der Waals surface area contributed by atoms with Gasteiger partial charge in [0.2, 0.25) is 0 Å². The average molecular weight is 313 g/mol. The summed E-state index contributed by atoms with van der Waals surface area (Å²) in [5, 5.41) is 10.7. The summed E-state index contributed by atoms with van der Waals surface area (Å²) in [6, 6.07) is 8.94. The smallest absolute Gasteiger partial charge is 0.251 e. The Hall–Kier alpha value is -2.49. The Labute approximate surface area is 133 Å². The van der Waals surface area contributed by atoms with Crippen LogP contribution in [-0.4, -0.2) is 31.2 Å². The lowest BCUT2D eigenvalue weighted by molar-refractivity contribution is -0.114. The molecule has 1 amide bonds. The SMILES string of the molecule is COCCN(C(=O)/C=C\c1cscn1)c1ccc(C#N)cc1. The summed E-state index contributed by atoms with van der Waals surface area (Å²) < 4.78 is 5.06. The average Bonchev–Trinajstić information content (AvgIpc) is 3.07. The Kier molecular flexibility index (Phi) is 5.83. The van der Waals surface area contributed by atoms with Gasteiger partial charge in [-0.2, -0.15) is 5.26 Å². The number of hydrogen-bond donors (Lipinski definition) is 0. The van der Waals surface area contributed by atoms with Crippen LogP contribution in [0.2, 0.25) is 0 Å². The third kappa shape index (κ3) is 4.25. The van der Waals surface area contributed by atoms with E-state index in [-0.39, 0.29) is 5.91 Å². The molecule has 2 aromatic rings. The van der Waals surface area contributed by atoms with Crippen molar-refractivity contribution in [1.29, 1.82) is 5.26 Å². The maximum Gasteiger partial charge on any atom is 0.251 e. The second-order valence-electron chi connectivity index (χ2n) is 4.39. The van der Waals surface area contributed by atoms with E-state index < -0.39 is 0 Å². The van der Waals surface area contributed by atoms with Gasteiger partial charge in [-0.05, 0) is 30.3 Å². The molecule has 0 aliphatic carbocycles. The Balaban J connectivity index is 2.17. The van der Waals surface area contributed by atoms with Crippen LogP contribution in [-0.2, 0) is 9.53 Å². The van der Waals surface area contributed by atoms with Crippen molar-refractivity contribution < 1.29 is 9.53 Å². The van der Waals surface area contributed by atoms with Crippen LogP contribution in [0, 0.1) is 11.3 Å². The highest BCUT2D eigenvalue weighted by molar-refractivity contribution is 7.07. The van der Waals surface area contributed by atoms with Crippen LogP contribution >= 0.6 is 11.3 Å². The number of nitriles is 1. The molecule has 1 aromatic heterocycles. The zero-order valence-electron chi connectivity index (χ0n) is 12.1. The molecule has 1 heterocycles. The van der Waals surface area contributed by atoms with E-state index in [1.165, 1.54) is 17.4 Å². The molecule has 6 heteroatoms. The lowest BCUT2D eigenvalue weighted by Gasteiger charge is -2.21. The van der Waals surface area contributed by atoms with E-state index in [9.17, 15) is 4.79 Å². The fourth-order valence-electron chi connectivity index (χ4n) is 1.82. The number of rotatable bonds is 6. The van der Waals surface area contributed by atoms with Crippen molar-refractivity contribution in [2.45, 2.75) is 0 Å². The molecule has 0 aliphatic rings. The van der Waals surface area contributed by atoms with Crippen molar-refractivity contribution in [2.24, 2.45) is 0 Å². The second kappa shape index (κ2) is 8.08. The van der Waals surface area contributed by atoms with Crippen LogP contribution in [0.25, 0.3) is 6.08 Å². The molecule has 0 N–H and O–H groups in total. The lowest BCUT2D eigenvalue weighted by Crippen LogP contribution is -2.32. The van der Waals surface area contributed by atoms with Crippen LogP contribution < -0.4 is 4.90 Å². The zero-order valence-corrected chi connectivity index (χ0v) is 12.9. The number of amides is 1. The standard InChI is InChI=1S/C16H15N3O2S/c1-21-9-8-19(15-5-2-13(10-17)3-6-15)16(20)7-4-14-11-22-12-18-14/h2-7,11-12H,8-9H2,1H3/b7-4-. The zero-order chi connectivity index (χ0) is 15.8. The maximum absolute atomic E-state index is 12.4. The molecule has 112 valence electrons. The minimum absolute atomic E-state index is 0.158. The van der Waals surface area contributed by atoms with Gasteiger partial charge in [0.15, 0.2) is 0 Å². The predicted octanol–water partition coefficient (Wildman–Crippen LogP) is 2.71. The van der Waals surface area contributed by atoms with E-state index in [2.05, 4.69) is 11.1 Å². The van der Waals surface area contributed by atoms with E-state index in [0.717, 1.165) is 11.4 Å². The molecule has 22 heavy (non-hydrogen) atoms. The fourth-order valence-corrected chi connectivity index (χ4v) is 2.34. The summed E-state index contributed by atoms with van der Waals surface area (Å²) in [5.74, 6) is -0.158. The molecule has 0 fully saturated rings. The monoisotopic (exact) mass is 313 g/mol. The summed E-state index contributed by atoms with van der Waals surface area (Å²) in [4.78, 5) is 18.1. The summed E-state index contributed by atoms with van der Waals surface area (Å²) >= 11 is 1.48. The van der Waals surface area contributed by atoms with Crippen molar-refractivity contribution >= 4 is 29.0 Å². The Morgan fingerprint density at radius 2 is 2.23 bits per heavy atom. The Morgan fingerprint density at radius 1 is 1.45 bits per heavy atom. The number of aromatic nitrogens is 1. The number of thiazole rings is 1. The third-order valence-corrected chi connectivity index (χ3v) is 3.55. The molecule has 0 spiro atoms. The number of anilines is 1. The van der Waals surface area contributed by atoms with Crippen LogP contribution in [0.4, 0.5) is 5.69 Å². The van der Waals surface area contributed by atoms with Gasteiger partial charge in [0.25, 0.3) is 5.91 Å². The molecular formula is C16H15N3O2S. The first-order chi connectivity index (χ1) is 10.7. The van der Waals surface area contributed by atoms with E-state index in [1.54, 1.807) is 47.9 Å². The van der Waals surface area contributed by atoms with Gasteiger partial charge in [-0.1, -0.05) is 0 Å². The molecule has 2 rings (SSSR count). The fraction of sp³-hybridized carbons (Fsp3) is 0.188. The third-order valence-electron chi connectivity index (χ3n) is 2.94. The largest absolute Gasteiger partial charge is 0.383 e. The molecule has 0 atom stereocenters. The van der Waals surface area contributed by atoms with E-state index in [0.29, 0.717) is 18.7 Å². The highest BCUT2D eigenvalue weighted by Crippen LogP contribution is 2.16. The number of hydrogen-bond acceptors (Lipinski definition) is 5. The van der Waals surface area contributed by atoms with Gasteiger partial charge < -0.3 is 9.64 Å². The summed E-state index contributed by atoms with van der Waals surface area (Å²) in [7, 11) is 1.59. The predicted molar refractivity (Wildman–Crippen MR) is 86.5 cm³/mol. The Morgan fingerprint density at radius 3 is 2.82 bits per heavy atom. The van der Waals surface area contributed by atoms with Gasteiger partial charge >= 0.3 is 0 Å². The molecule has 0 bridgehead atoms. The van der Waals surface area contributed by atoms with E-state index in [1.807, 2.05) is 5.38 Å². The van der Waals surface area contributed by atoms with E-state index >= 15 is 0 Å². The highest BCUT2D eigenvalue weighted by Gasteiger charge is 2.13. The highest BCUT2D eigenvalue weighted by atomic mass is 32.1. The normalized spacial score (nSPS) is 10.5. The number of carbonyl (C=O) groups excluding carboxylic acids is 1. The molecule has 0 unspecified atom stereocenters. The first-order valence-electron chi connectivity index (χ1n) is 6.61. The quantitative estimate of drug-likeness (QED) is 0.769. The molecule has 5 nitrogen and oxygen atoms in total. The topological polar surface area (TPSA) is 66.2 Å². The van der Waals surface area contributed by atoms with E-state index in [4.69, 9.17) is 10.00 Å². The summed E-state index contributed by atoms with van der Waals surface area (Å²) in [6.07, 6.45) is 3.17. The van der Waals surface area contributed by atoms with Crippen LogP contribution in [0.3, 0.4) is 0 Å². The van der Waals surface area contributed by atoms with Crippen molar-refractivity contribution in [3.8, 4) is 6.07 Å². The first-order valence-corrected chi connectivity index (χ1v) is 7.55. The Bertz CT molecular complexity index is 672. The number of ether oxygens (including phenoxy) is 1. The molecular weight excluding hydrogens is 298 g/mol. The number of methoxy groups -OCH3 is 1. The van der Waals surface area contributed by atoms with Crippen molar-refractivity contribution in [3.63, 3.8) is 0 Å². The molecule has 1 aromatic carbocycles. The molecule has 0 aliphatic heterocycles. The van der Waals surface area contributed by atoms with Gasteiger partial charge in [-0.15, -0.1) is 11.3 Å². The molecule has 0 saturated heterocycles. The van der Waals surface area contributed by atoms with Crippen molar-refractivity contribution in [2.75, 3.05) is 25.2 Å². The summed E-state index contributed by atoms with van der Waals surface area (Å²) in [5.41, 5.74) is 3.75. The lowest BCUT2D eigenvalue weighted by atomic mass is 10.2. The summed E-state index contributed by atoms with van der Waals surface area (Å²) in [6.45, 7) is 0.860. The van der Waals surface area contributed by atoms with Crippen molar-refractivity contribution in [3.05, 3.63) is 52.5 Å². The minimum Gasteiger partial charge on any atom is -0.383 e. The van der Waals surface area contributed by atoms with Crippen LogP contribution in [0.5, 0.6) is 0 Å². The van der Waals surface area contributed by atoms with Gasteiger partial charge in [0, 0.05) is 30.8 Å². The second-order valence-corrected chi connectivity index (χ2v) is 5.11. The van der Waals surface area contributed by atoms with Gasteiger partial charge in [-0.3, -0.25) is 4.79 Å². The van der Waals surface area contributed by atoms with Crippen molar-refractivity contribution in [1.82, 2.24) is 4.98 Å². The van der Waals surface area contributed by atoms with Gasteiger partial charge in [-0.25, -0.2) is 4.98 Å². The minimum atomic E-state index is -0.158. The van der Waals surface area contributed by atoms with Gasteiger partial charge in [0.05, 0.1) is 29.4 Å². The molecule has 0 radical (unpaired) electrons. The number of nitrogens with zero attached hydrogens (tertiary/aromatic N) is 3. The number of benzene rings is 1.